The first-order valence-corrected chi connectivity index (χ1v) is 8.42. The molecule has 1 aromatic carbocycles. The average Bonchev–Trinajstić information content (AvgIpc) is 2.73. The lowest BCUT2D eigenvalue weighted by atomic mass is 9.91. The highest BCUT2D eigenvalue weighted by atomic mass is 16.6. The monoisotopic (exact) mass is 334 g/mol. The largest absolute Gasteiger partial charge is 0.376 e. The number of fused-ring (bicyclic) bond motifs is 1. The second-order valence-electron chi connectivity index (χ2n) is 6.11. The van der Waals surface area contributed by atoms with Gasteiger partial charge in [0.15, 0.2) is 0 Å². The van der Waals surface area contributed by atoms with Gasteiger partial charge in [-0.15, -0.1) is 0 Å². The number of rotatable bonds is 4. The van der Waals surface area contributed by atoms with Crippen molar-refractivity contribution in [2.75, 3.05) is 34.0 Å². The molecular weight excluding hydrogens is 308 g/mol. The van der Waals surface area contributed by atoms with Crippen molar-refractivity contribution in [3.63, 3.8) is 0 Å². The second-order valence-corrected chi connectivity index (χ2v) is 6.11. The molecule has 0 amide bonds. The molecule has 0 N–H and O–H groups in total. The van der Waals surface area contributed by atoms with Crippen LogP contribution < -0.4 is 0 Å². The van der Waals surface area contributed by atoms with Crippen LogP contribution in [-0.2, 0) is 30.1 Å². The highest BCUT2D eigenvalue weighted by Gasteiger charge is 2.47. The van der Waals surface area contributed by atoms with E-state index in [1.54, 1.807) is 14.2 Å². The van der Waals surface area contributed by atoms with Crippen LogP contribution in [0.1, 0.15) is 5.56 Å². The summed E-state index contributed by atoms with van der Waals surface area (Å²) in [5, 5.41) is 0. The van der Waals surface area contributed by atoms with Crippen molar-refractivity contribution in [1.29, 1.82) is 0 Å². The van der Waals surface area contributed by atoms with Gasteiger partial charge in [-0.1, -0.05) is 42.5 Å². The Morgan fingerprint density at radius 2 is 1.75 bits per heavy atom. The minimum atomic E-state index is -0.213. The van der Waals surface area contributed by atoms with E-state index < -0.39 is 0 Å². The van der Waals surface area contributed by atoms with Gasteiger partial charge in [0.05, 0.1) is 25.9 Å². The molecule has 0 bridgehead atoms. The summed E-state index contributed by atoms with van der Waals surface area (Å²) >= 11 is 0. The topological polar surface area (TPSA) is 46.2 Å². The highest BCUT2D eigenvalue weighted by Crippen LogP contribution is 2.30. The van der Waals surface area contributed by atoms with E-state index in [4.69, 9.17) is 23.7 Å². The first-order valence-electron chi connectivity index (χ1n) is 8.42. The summed E-state index contributed by atoms with van der Waals surface area (Å²) in [6, 6.07) is 10.3. The molecule has 1 saturated heterocycles. The van der Waals surface area contributed by atoms with Crippen LogP contribution in [0, 0.1) is 0 Å². The molecule has 0 unspecified atom stereocenters. The maximum Gasteiger partial charge on any atom is 0.115 e. The number of methoxy groups -OCH3 is 2. The van der Waals surface area contributed by atoms with Gasteiger partial charge in [-0.25, -0.2) is 0 Å². The Hall–Kier alpha value is -1.24. The van der Waals surface area contributed by atoms with E-state index in [9.17, 15) is 0 Å². The summed E-state index contributed by atoms with van der Waals surface area (Å²) in [4.78, 5) is 0. The van der Waals surface area contributed by atoms with E-state index in [2.05, 4.69) is 12.1 Å². The molecule has 0 radical (unpaired) electrons. The summed E-state index contributed by atoms with van der Waals surface area (Å²) in [7, 11) is 3.40. The maximum absolute atomic E-state index is 6.34. The van der Waals surface area contributed by atoms with E-state index in [0.29, 0.717) is 19.8 Å². The normalized spacial score (nSPS) is 35.3. The molecule has 2 aliphatic heterocycles. The molecule has 132 valence electrons. The molecule has 2 heterocycles. The molecule has 5 heteroatoms. The summed E-state index contributed by atoms with van der Waals surface area (Å²) in [6.07, 6.45) is 3.81. The number of hydrogen-bond acceptors (Lipinski definition) is 5. The van der Waals surface area contributed by atoms with Crippen molar-refractivity contribution in [1.82, 2.24) is 0 Å². The maximum atomic E-state index is 6.34. The highest BCUT2D eigenvalue weighted by molar-refractivity contribution is 5.16. The van der Waals surface area contributed by atoms with Crippen molar-refractivity contribution < 1.29 is 23.7 Å². The summed E-state index contributed by atoms with van der Waals surface area (Å²) < 4.78 is 29.5. The molecule has 1 fully saturated rings. The molecule has 5 nitrogen and oxygen atoms in total. The van der Waals surface area contributed by atoms with Gasteiger partial charge < -0.3 is 23.7 Å². The Kier molecular flexibility index (Phi) is 6.40. The van der Waals surface area contributed by atoms with E-state index in [1.165, 1.54) is 5.56 Å². The van der Waals surface area contributed by atoms with Gasteiger partial charge in [-0.2, -0.15) is 0 Å². The fourth-order valence-corrected chi connectivity index (χ4v) is 3.45. The number of ether oxygens (including phenoxy) is 5. The third kappa shape index (κ3) is 4.05. The summed E-state index contributed by atoms with van der Waals surface area (Å²) in [5.74, 6) is 0. The first-order chi connectivity index (χ1) is 11.8. The molecule has 0 saturated carbocycles. The molecule has 0 aliphatic carbocycles. The number of benzene rings is 1. The number of hydrogen-bond donors (Lipinski definition) is 0. The van der Waals surface area contributed by atoms with Crippen LogP contribution in [0.25, 0.3) is 0 Å². The van der Waals surface area contributed by atoms with Crippen LogP contribution in [-0.4, -0.2) is 64.6 Å². The minimum Gasteiger partial charge on any atom is -0.376 e. The zero-order chi connectivity index (χ0) is 16.8. The van der Waals surface area contributed by atoms with E-state index in [0.717, 1.165) is 6.42 Å². The molecular formula is C19H26O5. The van der Waals surface area contributed by atoms with Gasteiger partial charge >= 0.3 is 0 Å². The first kappa shape index (κ1) is 17.6. The van der Waals surface area contributed by atoms with Crippen molar-refractivity contribution in [3.8, 4) is 0 Å². The standard InChI is InChI=1S/C19H26O5/c1-20-17-15(12-14-8-4-3-5-9-14)24-16-13-22-10-6-7-11-23-18(16)19(17)21-2/h3-9,15-19H,10-13H2,1-2H3/b7-6-/t15-,16+,17-,18+,19+/m0/s1. The Labute approximate surface area is 143 Å². The van der Waals surface area contributed by atoms with Gasteiger partial charge in [-0.05, 0) is 5.56 Å². The fraction of sp³-hybridized carbons (Fsp3) is 0.579. The molecule has 2 aliphatic rings. The lowest BCUT2D eigenvalue weighted by Gasteiger charge is -2.45. The van der Waals surface area contributed by atoms with Crippen LogP contribution in [0.5, 0.6) is 0 Å². The molecule has 0 spiro atoms. The van der Waals surface area contributed by atoms with Crippen LogP contribution in [0.2, 0.25) is 0 Å². The quantitative estimate of drug-likeness (QED) is 0.788. The predicted octanol–water partition coefficient (Wildman–Crippen LogP) is 2.00. The van der Waals surface area contributed by atoms with Crippen LogP contribution in [0.4, 0.5) is 0 Å². The van der Waals surface area contributed by atoms with Crippen molar-refractivity contribution >= 4 is 0 Å². The van der Waals surface area contributed by atoms with Gasteiger partial charge in [0.2, 0.25) is 0 Å². The third-order valence-corrected chi connectivity index (χ3v) is 4.60. The van der Waals surface area contributed by atoms with E-state index in [1.807, 2.05) is 30.4 Å². The zero-order valence-corrected chi connectivity index (χ0v) is 14.3. The average molecular weight is 334 g/mol. The third-order valence-electron chi connectivity index (χ3n) is 4.60. The Morgan fingerprint density at radius 1 is 1.00 bits per heavy atom. The molecule has 5 atom stereocenters. The summed E-state index contributed by atoms with van der Waals surface area (Å²) in [5.41, 5.74) is 1.21. The van der Waals surface area contributed by atoms with Gasteiger partial charge in [0.1, 0.15) is 24.4 Å². The van der Waals surface area contributed by atoms with E-state index in [-0.39, 0.29) is 30.5 Å². The lowest BCUT2D eigenvalue weighted by molar-refractivity contribution is -0.252. The predicted molar refractivity (Wildman–Crippen MR) is 90.1 cm³/mol. The Morgan fingerprint density at radius 3 is 2.50 bits per heavy atom. The van der Waals surface area contributed by atoms with Crippen molar-refractivity contribution in [2.24, 2.45) is 0 Å². The fourth-order valence-electron chi connectivity index (χ4n) is 3.45. The molecule has 0 aromatic heterocycles. The Bertz CT molecular complexity index is 518. The minimum absolute atomic E-state index is 0.107. The van der Waals surface area contributed by atoms with Crippen LogP contribution >= 0.6 is 0 Å². The molecule has 3 rings (SSSR count). The Balaban J connectivity index is 1.79. The van der Waals surface area contributed by atoms with Gasteiger partial charge in [0, 0.05) is 20.6 Å². The van der Waals surface area contributed by atoms with Crippen LogP contribution in [0.15, 0.2) is 42.5 Å². The van der Waals surface area contributed by atoms with Crippen LogP contribution in [0.3, 0.4) is 0 Å². The van der Waals surface area contributed by atoms with Gasteiger partial charge in [0.25, 0.3) is 0 Å². The van der Waals surface area contributed by atoms with Gasteiger partial charge in [-0.3, -0.25) is 0 Å². The van der Waals surface area contributed by atoms with Crippen molar-refractivity contribution in [3.05, 3.63) is 48.0 Å². The second kappa shape index (κ2) is 8.74. The SMILES string of the molecule is CO[C@@H]1[C@@H](OC)[C@H](Cc2ccccc2)O[C@@H]2COC/C=C\CO[C@@H]12. The molecule has 1 aromatic rings. The zero-order valence-electron chi connectivity index (χ0n) is 14.3. The molecule has 24 heavy (non-hydrogen) atoms. The lowest BCUT2D eigenvalue weighted by Crippen LogP contribution is -2.61. The smallest absolute Gasteiger partial charge is 0.115 e. The summed E-state index contributed by atoms with van der Waals surface area (Å²) in [6.45, 7) is 1.58. The van der Waals surface area contributed by atoms with Crippen molar-refractivity contribution in [2.45, 2.75) is 36.9 Å². The van der Waals surface area contributed by atoms with E-state index >= 15 is 0 Å².